The van der Waals surface area contributed by atoms with Crippen molar-refractivity contribution >= 4 is 25.6 Å². The fourth-order valence-electron chi connectivity index (χ4n) is 3.35. The Balaban J connectivity index is 1.61. The predicted molar refractivity (Wildman–Crippen MR) is 100 cm³/mol. The van der Waals surface area contributed by atoms with Crippen LogP contribution in [0.1, 0.15) is 25.8 Å². The van der Waals surface area contributed by atoms with Crippen LogP contribution in [0, 0.1) is 5.41 Å². The molecule has 0 amide bonds. The summed E-state index contributed by atoms with van der Waals surface area (Å²) in [5.74, 6) is 0. The molecule has 1 heterocycles. The average Bonchev–Trinajstić information content (AvgIpc) is 2.87. The van der Waals surface area contributed by atoms with Gasteiger partial charge in [0.15, 0.2) is 0 Å². The number of hydrogen-bond acceptors (Lipinski definition) is 0. The Kier molecular flexibility index (Phi) is 5.35. The summed E-state index contributed by atoms with van der Waals surface area (Å²) in [7, 11) is 0. The Bertz CT molecular complexity index is 646. The third kappa shape index (κ3) is 4.80. The average molecular weight is 371 g/mol. The zero-order valence-electron chi connectivity index (χ0n) is 14.1. The molecule has 0 bridgehead atoms. The Morgan fingerprint density at radius 2 is 1.65 bits per heavy atom. The van der Waals surface area contributed by atoms with E-state index in [2.05, 4.69) is 85.3 Å². The summed E-state index contributed by atoms with van der Waals surface area (Å²) in [6.45, 7) is 5.89. The molecule has 120 valence electrons. The van der Waals surface area contributed by atoms with Crippen molar-refractivity contribution in [3.05, 3.63) is 66.2 Å². The molecule has 0 radical (unpaired) electrons. The number of hydrogen-bond donors (Lipinski definition) is 0. The summed E-state index contributed by atoms with van der Waals surface area (Å²) < 4.78 is 4.14. The van der Waals surface area contributed by atoms with E-state index < -0.39 is 0 Å². The van der Waals surface area contributed by atoms with Gasteiger partial charge in [0.05, 0.1) is 0 Å². The molecule has 0 spiro atoms. The first-order valence-corrected chi connectivity index (χ1v) is 10.5. The van der Waals surface area contributed by atoms with E-state index in [0.717, 1.165) is 13.0 Å². The van der Waals surface area contributed by atoms with Crippen LogP contribution in [0.5, 0.6) is 0 Å². The summed E-state index contributed by atoms with van der Waals surface area (Å²) >= 11 is 0.575. The van der Waals surface area contributed by atoms with Crippen LogP contribution < -0.4 is 4.46 Å². The topological polar surface area (TPSA) is 3.01 Å². The molecule has 1 unspecified atom stereocenters. The van der Waals surface area contributed by atoms with E-state index in [1.807, 2.05) is 0 Å². The van der Waals surface area contributed by atoms with Crippen LogP contribution in [0.2, 0.25) is 5.32 Å². The van der Waals surface area contributed by atoms with E-state index >= 15 is 0 Å². The molecular formula is C21H26NSe+. The van der Waals surface area contributed by atoms with E-state index in [9.17, 15) is 0 Å². The summed E-state index contributed by atoms with van der Waals surface area (Å²) in [6.07, 6.45) is 4.92. The predicted octanol–water partition coefficient (Wildman–Crippen LogP) is 3.56. The molecule has 1 atom stereocenters. The maximum absolute atomic E-state index is 2.62. The van der Waals surface area contributed by atoms with Crippen molar-refractivity contribution in [3.8, 4) is 0 Å². The number of nitrogens with zero attached hydrogens (tertiary/aromatic N) is 1. The van der Waals surface area contributed by atoms with Crippen LogP contribution >= 0.6 is 0 Å². The van der Waals surface area contributed by atoms with Crippen LogP contribution in [0.25, 0.3) is 0 Å². The van der Waals surface area contributed by atoms with E-state index in [1.165, 1.54) is 21.8 Å². The first kappa shape index (κ1) is 16.5. The molecule has 0 N–H and O–H groups in total. The quantitative estimate of drug-likeness (QED) is 0.540. The van der Waals surface area contributed by atoms with Gasteiger partial charge in [0.1, 0.15) is 0 Å². The van der Waals surface area contributed by atoms with Gasteiger partial charge in [-0.15, -0.1) is 0 Å². The van der Waals surface area contributed by atoms with Gasteiger partial charge in [0.2, 0.25) is 0 Å². The number of rotatable bonds is 6. The summed E-state index contributed by atoms with van der Waals surface area (Å²) in [6, 6.07) is 22.5. The second-order valence-corrected chi connectivity index (χ2v) is 9.37. The minimum atomic E-state index is 0.341. The van der Waals surface area contributed by atoms with E-state index in [4.69, 9.17) is 0 Å². The molecule has 0 aromatic heterocycles. The summed E-state index contributed by atoms with van der Waals surface area (Å²) in [5, 5.41) is 1.31. The fourth-order valence-corrected chi connectivity index (χ4v) is 5.54. The Hall–Kier alpha value is -1.37. The third-order valence-electron chi connectivity index (χ3n) is 4.43. The first-order chi connectivity index (χ1) is 11.1. The molecule has 1 nitrogen and oxygen atoms in total. The van der Waals surface area contributed by atoms with Crippen molar-refractivity contribution in [2.24, 2.45) is 5.41 Å². The molecular weight excluding hydrogens is 345 g/mol. The monoisotopic (exact) mass is 372 g/mol. The zero-order chi connectivity index (χ0) is 16.1. The zero-order valence-corrected chi connectivity index (χ0v) is 15.8. The number of benzene rings is 2. The van der Waals surface area contributed by atoms with Gasteiger partial charge in [-0.3, -0.25) is 0 Å². The van der Waals surface area contributed by atoms with Gasteiger partial charge in [0, 0.05) is 0 Å². The second-order valence-electron chi connectivity index (χ2n) is 7.07. The second kappa shape index (κ2) is 7.47. The van der Waals surface area contributed by atoms with Crippen molar-refractivity contribution in [3.63, 3.8) is 0 Å². The molecule has 0 saturated carbocycles. The van der Waals surface area contributed by atoms with Crippen molar-refractivity contribution in [1.82, 2.24) is 0 Å². The van der Waals surface area contributed by atoms with Gasteiger partial charge in [-0.1, -0.05) is 0 Å². The van der Waals surface area contributed by atoms with Gasteiger partial charge in [0.25, 0.3) is 0 Å². The normalized spacial score (nSPS) is 19.6. The van der Waals surface area contributed by atoms with Gasteiger partial charge >= 0.3 is 146 Å². The van der Waals surface area contributed by atoms with Gasteiger partial charge < -0.3 is 0 Å². The van der Waals surface area contributed by atoms with Crippen molar-refractivity contribution < 1.29 is 4.58 Å². The third-order valence-corrected chi connectivity index (χ3v) is 6.86. The van der Waals surface area contributed by atoms with Gasteiger partial charge in [-0.25, -0.2) is 0 Å². The molecule has 2 aromatic carbocycles. The Morgan fingerprint density at radius 3 is 2.35 bits per heavy atom. The maximum atomic E-state index is 2.62. The van der Waals surface area contributed by atoms with E-state index in [0.29, 0.717) is 26.4 Å². The summed E-state index contributed by atoms with van der Waals surface area (Å²) in [4.78, 5) is 0. The van der Waals surface area contributed by atoms with Crippen LogP contribution in [0.15, 0.2) is 60.7 Å². The SMILES string of the molecule is CC1(C)C=[N+](CCc2ccccc2)C(C[Se]c2ccccc2)C1. The molecule has 2 aromatic rings. The first-order valence-electron chi connectivity index (χ1n) is 8.46. The Labute approximate surface area is 146 Å². The van der Waals surface area contributed by atoms with Crippen molar-refractivity contribution in [1.29, 1.82) is 0 Å². The minimum absolute atomic E-state index is 0.341. The molecule has 0 fully saturated rings. The molecule has 0 aliphatic carbocycles. The van der Waals surface area contributed by atoms with Crippen LogP contribution in [0.4, 0.5) is 0 Å². The molecule has 2 heteroatoms. The van der Waals surface area contributed by atoms with Gasteiger partial charge in [-0.05, 0) is 0 Å². The molecule has 1 aliphatic rings. The molecule has 0 saturated heterocycles. The molecule has 3 rings (SSSR count). The van der Waals surface area contributed by atoms with Crippen molar-refractivity contribution in [2.45, 2.75) is 38.1 Å². The van der Waals surface area contributed by atoms with Crippen LogP contribution in [0.3, 0.4) is 0 Å². The van der Waals surface area contributed by atoms with E-state index in [1.54, 1.807) is 0 Å². The fraction of sp³-hybridized carbons (Fsp3) is 0.381. The van der Waals surface area contributed by atoms with Crippen LogP contribution in [-0.2, 0) is 6.42 Å². The standard InChI is InChI=1S/C21H26NSe/c1-21(2)15-19(16-23-20-11-7-4-8-12-20)22(17-21)14-13-18-9-5-3-6-10-18/h3-12,17,19H,13-16H2,1-2H3/q+1. The van der Waals surface area contributed by atoms with Crippen molar-refractivity contribution in [2.75, 3.05) is 6.54 Å². The molecule has 23 heavy (non-hydrogen) atoms. The Morgan fingerprint density at radius 1 is 1.00 bits per heavy atom. The van der Waals surface area contributed by atoms with Gasteiger partial charge in [-0.2, -0.15) is 0 Å². The molecule has 1 aliphatic heterocycles. The van der Waals surface area contributed by atoms with E-state index in [-0.39, 0.29) is 0 Å². The van der Waals surface area contributed by atoms with Crippen LogP contribution in [-0.4, -0.2) is 38.3 Å². The summed E-state index contributed by atoms with van der Waals surface area (Å²) in [5.41, 5.74) is 1.78.